The molecule has 1 fully saturated rings. The summed E-state index contributed by atoms with van der Waals surface area (Å²) in [6, 6.07) is 6.54. The minimum absolute atomic E-state index is 0.0292. The zero-order chi connectivity index (χ0) is 16.8. The Balaban J connectivity index is 2.01. The molecule has 1 aromatic carbocycles. The molecule has 0 aromatic heterocycles. The van der Waals surface area contributed by atoms with E-state index in [1.54, 1.807) is 6.07 Å². The molecule has 23 heavy (non-hydrogen) atoms. The van der Waals surface area contributed by atoms with E-state index in [9.17, 15) is 9.59 Å². The van der Waals surface area contributed by atoms with Crippen LogP contribution in [0.25, 0.3) is 0 Å². The highest BCUT2D eigenvalue weighted by Gasteiger charge is 2.28. The molecule has 1 aromatic rings. The first-order valence-corrected chi connectivity index (χ1v) is 7.66. The molecule has 2 rings (SSSR count). The lowest BCUT2D eigenvalue weighted by Crippen LogP contribution is -2.43. The van der Waals surface area contributed by atoms with Gasteiger partial charge in [-0.05, 0) is 24.1 Å². The summed E-state index contributed by atoms with van der Waals surface area (Å²) in [5.41, 5.74) is 10.1. The van der Waals surface area contributed by atoms with E-state index in [0.29, 0.717) is 5.56 Å². The molecule has 0 bridgehead atoms. The molecule has 0 spiro atoms. The summed E-state index contributed by atoms with van der Waals surface area (Å²) in [5.74, 6) is -0.616. The molecule has 1 heterocycles. The first kappa shape index (κ1) is 17.4. The average molecular weight is 321 g/mol. The van der Waals surface area contributed by atoms with Gasteiger partial charge in [-0.25, -0.2) is 5.48 Å². The molecule has 126 valence electrons. The zero-order valence-corrected chi connectivity index (χ0v) is 13.4. The number of ether oxygens (including phenoxy) is 1. The fourth-order valence-corrected chi connectivity index (χ4v) is 2.61. The van der Waals surface area contributed by atoms with Crippen LogP contribution in [-0.2, 0) is 14.4 Å². The van der Waals surface area contributed by atoms with Gasteiger partial charge in [0.05, 0.1) is 13.2 Å². The molecule has 4 N–H and O–H groups in total. The number of hydroxylamine groups is 1. The summed E-state index contributed by atoms with van der Waals surface area (Å²) in [7, 11) is 1.26. The Hall–Kier alpha value is -1.96. The van der Waals surface area contributed by atoms with Crippen molar-refractivity contribution in [3.05, 3.63) is 35.4 Å². The van der Waals surface area contributed by atoms with Crippen LogP contribution >= 0.6 is 0 Å². The van der Waals surface area contributed by atoms with E-state index in [2.05, 4.69) is 22.5 Å². The molecule has 1 amide bonds. The van der Waals surface area contributed by atoms with Crippen LogP contribution in [0.15, 0.2) is 24.3 Å². The maximum Gasteiger partial charge on any atom is 0.324 e. The highest BCUT2D eigenvalue weighted by molar-refractivity contribution is 5.94. The lowest BCUT2D eigenvalue weighted by atomic mass is 9.91. The number of carbonyl (C=O) groups is 2. The Kier molecular flexibility index (Phi) is 6.09. The van der Waals surface area contributed by atoms with Crippen molar-refractivity contribution in [3.63, 3.8) is 0 Å². The van der Waals surface area contributed by atoms with Crippen molar-refractivity contribution >= 4 is 11.9 Å². The third-order valence-corrected chi connectivity index (χ3v) is 3.95. The third kappa shape index (κ3) is 4.28. The van der Waals surface area contributed by atoms with Crippen LogP contribution in [0.2, 0.25) is 0 Å². The number of hydrogen-bond donors (Lipinski definition) is 3. The van der Waals surface area contributed by atoms with Crippen molar-refractivity contribution in [1.82, 2.24) is 10.8 Å². The number of carbonyl (C=O) groups excluding carboxylic acids is 2. The Labute approximate surface area is 135 Å². The third-order valence-electron chi connectivity index (χ3n) is 3.95. The van der Waals surface area contributed by atoms with E-state index in [-0.39, 0.29) is 24.5 Å². The predicted molar refractivity (Wildman–Crippen MR) is 84.7 cm³/mol. The molecule has 1 saturated heterocycles. The van der Waals surface area contributed by atoms with Crippen molar-refractivity contribution in [2.45, 2.75) is 31.4 Å². The van der Waals surface area contributed by atoms with Crippen molar-refractivity contribution < 1.29 is 19.2 Å². The number of esters is 1. The van der Waals surface area contributed by atoms with Crippen LogP contribution in [0.3, 0.4) is 0 Å². The zero-order valence-electron chi connectivity index (χ0n) is 13.4. The van der Waals surface area contributed by atoms with Crippen LogP contribution in [0.1, 0.15) is 35.2 Å². The average Bonchev–Trinajstić information content (AvgIpc) is 3.07. The Morgan fingerprint density at radius 2 is 2.30 bits per heavy atom. The monoisotopic (exact) mass is 321 g/mol. The van der Waals surface area contributed by atoms with Gasteiger partial charge in [0.1, 0.15) is 6.04 Å². The van der Waals surface area contributed by atoms with Crippen LogP contribution in [0.5, 0.6) is 0 Å². The van der Waals surface area contributed by atoms with Gasteiger partial charge in [0.15, 0.2) is 0 Å². The van der Waals surface area contributed by atoms with Crippen molar-refractivity contribution in [2.75, 3.05) is 20.2 Å². The van der Waals surface area contributed by atoms with Crippen molar-refractivity contribution in [1.29, 1.82) is 0 Å². The highest BCUT2D eigenvalue weighted by atomic mass is 16.7. The summed E-state index contributed by atoms with van der Waals surface area (Å²) in [6.07, 6.45) is 0.989. The standard InChI is InChI=1S/C16H23N3O4/c1-3-14-12(8-19-23-14)10-5-4-6-11(7-10)15(20)18-9-13(17)16(21)22-2/h4-7,12-14,19H,3,8-9,17H2,1-2H3,(H,18,20)/t12?,13-,14?/m1/s1. The molecule has 7 nitrogen and oxygen atoms in total. The minimum atomic E-state index is -0.871. The van der Waals surface area contributed by atoms with Crippen molar-refractivity contribution in [2.24, 2.45) is 5.73 Å². The molecule has 7 heteroatoms. The maximum atomic E-state index is 12.2. The first-order valence-electron chi connectivity index (χ1n) is 7.66. The quantitative estimate of drug-likeness (QED) is 0.652. The molecular formula is C16H23N3O4. The van der Waals surface area contributed by atoms with E-state index in [0.717, 1.165) is 18.5 Å². The summed E-state index contributed by atoms with van der Waals surface area (Å²) in [5, 5.41) is 2.65. The Morgan fingerprint density at radius 1 is 1.52 bits per heavy atom. The predicted octanol–water partition coefficient (Wildman–Crippen LogP) is 0.314. The normalized spacial score (nSPS) is 21.7. The lowest BCUT2D eigenvalue weighted by Gasteiger charge is -2.16. The lowest BCUT2D eigenvalue weighted by molar-refractivity contribution is -0.141. The van der Waals surface area contributed by atoms with Gasteiger partial charge in [0, 0.05) is 24.6 Å². The highest BCUT2D eigenvalue weighted by Crippen LogP contribution is 2.27. The number of benzene rings is 1. The molecule has 1 aliphatic rings. The van der Waals surface area contributed by atoms with Gasteiger partial charge in [-0.3, -0.25) is 14.4 Å². The minimum Gasteiger partial charge on any atom is -0.468 e. The molecule has 1 aliphatic heterocycles. The van der Waals surface area contributed by atoms with Crippen LogP contribution in [-0.4, -0.2) is 44.2 Å². The number of nitrogens with two attached hydrogens (primary N) is 1. The first-order chi connectivity index (χ1) is 11.1. The maximum absolute atomic E-state index is 12.2. The molecule has 0 saturated carbocycles. The van der Waals surface area contributed by atoms with Gasteiger partial charge < -0.3 is 15.8 Å². The number of amides is 1. The molecule has 2 unspecified atom stereocenters. The van der Waals surface area contributed by atoms with E-state index in [1.165, 1.54) is 7.11 Å². The molecule has 0 radical (unpaired) electrons. The van der Waals surface area contributed by atoms with Gasteiger partial charge >= 0.3 is 5.97 Å². The van der Waals surface area contributed by atoms with E-state index < -0.39 is 12.0 Å². The van der Waals surface area contributed by atoms with Gasteiger partial charge in [-0.1, -0.05) is 19.1 Å². The second-order valence-corrected chi connectivity index (χ2v) is 5.48. The van der Waals surface area contributed by atoms with Crippen LogP contribution in [0, 0.1) is 0 Å². The number of rotatable bonds is 6. The molecule has 3 atom stereocenters. The number of nitrogens with one attached hydrogen (secondary N) is 2. The summed E-state index contributed by atoms with van der Waals surface area (Å²) in [4.78, 5) is 28.9. The number of methoxy groups -OCH3 is 1. The summed E-state index contributed by atoms with van der Waals surface area (Å²) >= 11 is 0. The van der Waals surface area contributed by atoms with E-state index in [4.69, 9.17) is 10.6 Å². The van der Waals surface area contributed by atoms with Crippen LogP contribution in [0.4, 0.5) is 0 Å². The van der Waals surface area contributed by atoms with Crippen LogP contribution < -0.4 is 16.5 Å². The van der Waals surface area contributed by atoms with Crippen molar-refractivity contribution in [3.8, 4) is 0 Å². The fourth-order valence-electron chi connectivity index (χ4n) is 2.61. The second-order valence-electron chi connectivity index (χ2n) is 5.48. The molecular weight excluding hydrogens is 298 g/mol. The van der Waals surface area contributed by atoms with E-state index in [1.807, 2.05) is 18.2 Å². The summed E-state index contributed by atoms with van der Waals surface area (Å²) in [6.45, 7) is 2.81. The van der Waals surface area contributed by atoms with Gasteiger partial charge in [0.25, 0.3) is 5.91 Å². The SMILES string of the molecule is CCC1ONCC1c1cccc(C(=O)NC[C@@H](N)C(=O)OC)c1. The Morgan fingerprint density at radius 3 is 3.00 bits per heavy atom. The van der Waals surface area contributed by atoms with Gasteiger partial charge in [-0.15, -0.1) is 0 Å². The molecule has 0 aliphatic carbocycles. The number of hydrogen-bond acceptors (Lipinski definition) is 6. The fraction of sp³-hybridized carbons (Fsp3) is 0.500. The second kappa shape index (κ2) is 8.05. The Bertz CT molecular complexity index is 564. The smallest absolute Gasteiger partial charge is 0.324 e. The summed E-state index contributed by atoms with van der Waals surface area (Å²) < 4.78 is 4.52. The topological polar surface area (TPSA) is 103 Å². The van der Waals surface area contributed by atoms with E-state index >= 15 is 0 Å². The van der Waals surface area contributed by atoms with Gasteiger partial charge in [-0.2, -0.15) is 0 Å². The van der Waals surface area contributed by atoms with Gasteiger partial charge in [0.2, 0.25) is 0 Å². The largest absolute Gasteiger partial charge is 0.468 e.